The van der Waals surface area contributed by atoms with E-state index in [1.54, 1.807) is 30.3 Å². The average molecular weight is 238 g/mol. The van der Waals surface area contributed by atoms with Crippen LogP contribution >= 0.6 is 0 Å². The van der Waals surface area contributed by atoms with E-state index in [0.29, 0.717) is 5.56 Å². The molecule has 5 nitrogen and oxygen atoms in total. The first-order valence-corrected chi connectivity index (χ1v) is 4.96. The molecule has 0 aliphatic rings. The summed E-state index contributed by atoms with van der Waals surface area (Å²) in [6, 6.07) is 8.17. The predicted octanol–water partition coefficient (Wildman–Crippen LogP) is 0.263. The van der Waals surface area contributed by atoms with E-state index in [2.05, 4.69) is 9.47 Å². The monoisotopic (exact) mass is 238 g/mol. The highest BCUT2D eigenvalue weighted by molar-refractivity contribution is 6.06. The van der Waals surface area contributed by atoms with Gasteiger partial charge in [-0.05, 0) is 5.56 Å². The Balaban J connectivity index is 3.36. The molecule has 0 radical (unpaired) electrons. The highest BCUT2D eigenvalue weighted by atomic mass is 16.5. The molecule has 0 heterocycles. The fourth-order valence-electron chi connectivity index (χ4n) is 1.61. The molecule has 0 aliphatic heterocycles. The maximum absolute atomic E-state index is 11.8. The van der Waals surface area contributed by atoms with Crippen LogP contribution in [0.2, 0.25) is 0 Å². The largest absolute Gasteiger partial charge is 0.468 e. The Morgan fingerprint density at radius 3 is 1.94 bits per heavy atom. The molecule has 92 valence electrons. The van der Waals surface area contributed by atoms with Gasteiger partial charge >= 0.3 is 11.9 Å². The molecular weight excluding hydrogens is 224 g/mol. The van der Waals surface area contributed by atoms with Crippen LogP contribution < -0.4 is 0 Å². The van der Waals surface area contributed by atoms with Gasteiger partial charge in [-0.1, -0.05) is 30.3 Å². The number of hydrogen-bond acceptors (Lipinski definition) is 5. The fourth-order valence-corrected chi connectivity index (χ4v) is 1.61. The van der Waals surface area contributed by atoms with Gasteiger partial charge in [0.15, 0.2) is 0 Å². The first kappa shape index (κ1) is 13.2. The number of ether oxygens (including phenoxy) is 2. The molecule has 0 saturated heterocycles. The van der Waals surface area contributed by atoms with Crippen molar-refractivity contribution in [2.75, 3.05) is 20.8 Å². The Labute approximate surface area is 99.0 Å². The Kier molecular flexibility index (Phi) is 4.23. The van der Waals surface area contributed by atoms with Crippen LogP contribution in [0.25, 0.3) is 0 Å². The fraction of sp³-hybridized carbons (Fsp3) is 0.333. The molecule has 1 aromatic rings. The van der Waals surface area contributed by atoms with Gasteiger partial charge < -0.3 is 14.6 Å². The second kappa shape index (κ2) is 5.45. The number of methoxy groups -OCH3 is 2. The molecule has 5 heteroatoms. The molecule has 0 saturated carbocycles. The Morgan fingerprint density at radius 1 is 1.12 bits per heavy atom. The summed E-state index contributed by atoms with van der Waals surface area (Å²) in [5.41, 5.74) is -1.48. The Morgan fingerprint density at radius 2 is 1.59 bits per heavy atom. The highest BCUT2D eigenvalue weighted by Gasteiger charge is 2.49. The summed E-state index contributed by atoms with van der Waals surface area (Å²) in [6.07, 6.45) is 0. The number of esters is 2. The number of hydrogen-bond donors (Lipinski definition) is 1. The van der Waals surface area contributed by atoms with Crippen molar-refractivity contribution in [3.8, 4) is 0 Å². The smallest absolute Gasteiger partial charge is 0.330 e. The van der Waals surface area contributed by atoms with E-state index in [1.807, 2.05) is 0 Å². The van der Waals surface area contributed by atoms with Gasteiger partial charge in [-0.2, -0.15) is 0 Å². The van der Waals surface area contributed by atoms with Crippen LogP contribution in [0, 0.1) is 0 Å². The van der Waals surface area contributed by atoms with Crippen molar-refractivity contribution in [2.45, 2.75) is 5.41 Å². The van der Waals surface area contributed by atoms with Crippen molar-refractivity contribution in [3.63, 3.8) is 0 Å². The van der Waals surface area contributed by atoms with E-state index >= 15 is 0 Å². The zero-order valence-corrected chi connectivity index (χ0v) is 9.67. The van der Waals surface area contributed by atoms with E-state index in [1.165, 1.54) is 0 Å². The normalized spacial score (nSPS) is 10.8. The minimum absolute atomic E-state index is 0.334. The van der Waals surface area contributed by atoms with Gasteiger partial charge in [0.05, 0.1) is 20.8 Å². The molecule has 0 aromatic heterocycles. The molecule has 0 bridgehead atoms. The lowest BCUT2D eigenvalue weighted by Crippen LogP contribution is -2.48. The lowest BCUT2D eigenvalue weighted by atomic mass is 9.81. The summed E-state index contributed by atoms with van der Waals surface area (Å²) >= 11 is 0. The van der Waals surface area contributed by atoms with Crippen molar-refractivity contribution >= 4 is 11.9 Å². The van der Waals surface area contributed by atoms with Crippen LogP contribution in [-0.4, -0.2) is 37.9 Å². The van der Waals surface area contributed by atoms with Gasteiger partial charge in [0.1, 0.15) is 0 Å². The van der Waals surface area contributed by atoms with E-state index < -0.39 is 24.0 Å². The zero-order chi connectivity index (χ0) is 12.9. The van der Waals surface area contributed by atoms with Gasteiger partial charge in [-0.25, -0.2) is 0 Å². The summed E-state index contributed by atoms with van der Waals surface area (Å²) in [5.74, 6) is -1.70. The lowest BCUT2D eigenvalue weighted by Gasteiger charge is -2.26. The Bertz CT molecular complexity index is 383. The van der Waals surface area contributed by atoms with Crippen molar-refractivity contribution in [3.05, 3.63) is 35.9 Å². The highest BCUT2D eigenvalue weighted by Crippen LogP contribution is 2.27. The van der Waals surface area contributed by atoms with Gasteiger partial charge in [-0.3, -0.25) is 9.59 Å². The molecule has 1 aromatic carbocycles. The Hall–Kier alpha value is -1.88. The number of aliphatic hydroxyl groups is 1. The first-order valence-electron chi connectivity index (χ1n) is 4.96. The topological polar surface area (TPSA) is 72.8 Å². The predicted molar refractivity (Wildman–Crippen MR) is 59.2 cm³/mol. The van der Waals surface area contributed by atoms with Crippen LogP contribution in [0.15, 0.2) is 30.3 Å². The maximum Gasteiger partial charge on any atom is 0.330 e. The van der Waals surface area contributed by atoms with Crippen molar-refractivity contribution in [1.82, 2.24) is 0 Å². The second-order valence-electron chi connectivity index (χ2n) is 3.41. The number of rotatable bonds is 4. The van der Waals surface area contributed by atoms with Crippen LogP contribution in [0.5, 0.6) is 0 Å². The van der Waals surface area contributed by atoms with Gasteiger partial charge in [-0.15, -0.1) is 0 Å². The minimum Gasteiger partial charge on any atom is -0.468 e. The molecular formula is C12H14O5. The van der Waals surface area contributed by atoms with Crippen LogP contribution in [0.1, 0.15) is 5.56 Å². The lowest BCUT2D eigenvalue weighted by molar-refractivity contribution is -0.164. The van der Waals surface area contributed by atoms with E-state index in [4.69, 9.17) is 0 Å². The summed E-state index contributed by atoms with van der Waals surface area (Å²) in [4.78, 5) is 23.6. The summed E-state index contributed by atoms with van der Waals surface area (Å²) < 4.78 is 9.17. The first-order chi connectivity index (χ1) is 8.13. The third-order valence-corrected chi connectivity index (χ3v) is 2.57. The van der Waals surface area contributed by atoms with E-state index in [9.17, 15) is 14.7 Å². The van der Waals surface area contributed by atoms with Crippen molar-refractivity contribution < 1.29 is 24.2 Å². The van der Waals surface area contributed by atoms with Crippen LogP contribution in [0.4, 0.5) is 0 Å². The van der Waals surface area contributed by atoms with Gasteiger partial charge in [0.2, 0.25) is 5.41 Å². The van der Waals surface area contributed by atoms with Crippen molar-refractivity contribution in [2.24, 2.45) is 0 Å². The van der Waals surface area contributed by atoms with Gasteiger partial charge in [0.25, 0.3) is 0 Å². The number of aliphatic hydroxyl groups excluding tert-OH is 1. The summed E-state index contributed by atoms with van der Waals surface area (Å²) in [5, 5.41) is 9.43. The van der Waals surface area contributed by atoms with E-state index in [0.717, 1.165) is 14.2 Å². The third kappa shape index (κ3) is 2.14. The quantitative estimate of drug-likeness (QED) is 0.601. The van der Waals surface area contributed by atoms with E-state index in [-0.39, 0.29) is 0 Å². The number of carbonyl (C=O) groups is 2. The molecule has 0 unspecified atom stereocenters. The molecule has 0 amide bonds. The summed E-state index contributed by atoms with van der Waals surface area (Å²) in [7, 11) is 2.30. The molecule has 0 spiro atoms. The minimum atomic E-state index is -1.81. The standard InChI is InChI=1S/C12H14O5/c1-16-10(14)12(8-13,11(15)17-2)9-6-4-3-5-7-9/h3-7,13H,8H2,1-2H3. The molecule has 1 N–H and O–H groups in total. The number of carbonyl (C=O) groups excluding carboxylic acids is 2. The molecule has 1 rings (SSSR count). The third-order valence-electron chi connectivity index (χ3n) is 2.57. The molecule has 0 fully saturated rings. The molecule has 0 atom stereocenters. The maximum atomic E-state index is 11.8. The number of benzene rings is 1. The van der Waals surface area contributed by atoms with Crippen LogP contribution in [-0.2, 0) is 24.5 Å². The second-order valence-corrected chi connectivity index (χ2v) is 3.41. The van der Waals surface area contributed by atoms with Gasteiger partial charge in [0, 0.05) is 0 Å². The average Bonchev–Trinajstić information content (AvgIpc) is 2.40. The zero-order valence-electron chi connectivity index (χ0n) is 9.67. The van der Waals surface area contributed by atoms with Crippen molar-refractivity contribution in [1.29, 1.82) is 0 Å². The molecule has 17 heavy (non-hydrogen) atoms. The van der Waals surface area contributed by atoms with Crippen LogP contribution in [0.3, 0.4) is 0 Å². The molecule has 0 aliphatic carbocycles. The summed E-state index contributed by atoms with van der Waals surface area (Å²) in [6.45, 7) is -0.712. The SMILES string of the molecule is COC(=O)C(CO)(C(=O)OC)c1ccccc1.